The van der Waals surface area contributed by atoms with Crippen LogP contribution in [-0.4, -0.2) is 16.1 Å². The van der Waals surface area contributed by atoms with Crippen LogP contribution < -0.4 is 0 Å². The Balaban J connectivity index is 1.96. The van der Waals surface area contributed by atoms with E-state index in [2.05, 4.69) is 60.6 Å². The van der Waals surface area contributed by atoms with Crippen molar-refractivity contribution in [2.24, 2.45) is 40.9 Å². The molecule has 0 saturated heterocycles. The van der Waals surface area contributed by atoms with Crippen molar-refractivity contribution in [2.45, 2.75) is 125 Å². The van der Waals surface area contributed by atoms with Gasteiger partial charge in [-0.1, -0.05) is 73.5 Å². The largest absolute Gasteiger partial charge is 0.422 e. The predicted molar refractivity (Wildman–Crippen MR) is 137 cm³/mol. The normalized spacial score (nSPS) is 32.7. The zero-order chi connectivity index (χ0) is 22.4. The predicted octanol–water partition coefficient (Wildman–Crippen LogP) is 7.72. The Bertz CT molecular complexity index is 507. The van der Waals surface area contributed by atoms with Gasteiger partial charge in [0.05, 0.1) is 5.60 Å². The second-order valence-corrected chi connectivity index (χ2v) is 12.2. The molecule has 2 aliphatic rings. The maximum atomic E-state index is 6.58. The van der Waals surface area contributed by atoms with Crippen LogP contribution >= 0.6 is 0 Å². The van der Waals surface area contributed by atoms with Gasteiger partial charge in [0.1, 0.15) is 10.5 Å². The van der Waals surface area contributed by atoms with Crippen LogP contribution in [0.5, 0.6) is 0 Å². The van der Waals surface area contributed by atoms with Gasteiger partial charge in [0.25, 0.3) is 0 Å². The summed E-state index contributed by atoms with van der Waals surface area (Å²) in [6, 6.07) is 0. The molecule has 0 spiro atoms. The van der Waals surface area contributed by atoms with E-state index in [1.807, 2.05) is 0 Å². The topological polar surface area (TPSA) is 9.23 Å². The minimum atomic E-state index is 0.0883. The summed E-state index contributed by atoms with van der Waals surface area (Å²) in [7, 11) is 0.852. The molecule has 0 aromatic carbocycles. The van der Waals surface area contributed by atoms with Gasteiger partial charge >= 0.3 is 0 Å². The molecule has 0 radical (unpaired) electrons. The SMILES string of the molecule is CCCC1CCC(/C=C/CCC2CCC(O[SiH3])(C(C)C)C(C(C)C)(C(C)C)C2)CC1. The van der Waals surface area contributed by atoms with Gasteiger partial charge in [-0.25, -0.2) is 0 Å². The van der Waals surface area contributed by atoms with Crippen LogP contribution in [0.2, 0.25) is 0 Å². The molecule has 30 heavy (non-hydrogen) atoms. The highest BCUT2D eigenvalue weighted by atomic mass is 28.2. The second kappa shape index (κ2) is 11.7. The molecule has 2 fully saturated rings. The van der Waals surface area contributed by atoms with E-state index < -0.39 is 0 Å². The zero-order valence-electron chi connectivity index (χ0n) is 21.8. The summed E-state index contributed by atoms with van der Waals surface area (Å²) in [5, 5.41) is 0. The Hall–Kier alpha value is -0.0831. The first-order chi connectivity index (χ1) is 14.2. The third kappa shape index (κ3) is 5.45. The van der Waals surface area contributed by atoms with E-state index in [1.165, 1.54) is 70.6 Å². The fourth-order valence-corrected chi connectivity index (χ4v) is 8.87. The van der Waals surface area contributed by atoms with Gasteiger partial charge < -0.3 is 4.43 Å². The molecular weight excluding hydrogens is 380 g/mol. The molecule has 0 heterocycles. The van der Waals surface area contributed by atoms with Crippen LogP contribution in [0.1, 0.15) is 119 Å². The molecule has 2 atom stereocenters. The average molecular weight is 435 g/mol. The third-order valence-corrected chi connectivity index (χ3v) is 10.2. The molecule has 0 aliphatic heterocycles. The van der Waals surface area contributed by atoms with Gasteiger partial charge in [-0.15, -0.1) is 0 Å². The van der Waals surface area contributed by atoms with Gasteiger partial charge in [-0.3, -0.25) is 0 Å². The quantitative estimate of drug-likeness (QED) is 0.252. The van der Waals surface area contributed by atoms with Crippen LogP contribution in [-0.2, 0) is 4.43 Å². The molecule has 2 rings (SSSR count). The van der Waals surface area contributed by atoms with Gasteiger partial charge in [-0.05, 0) is 93.3 Å². The Morgan fingerprint density at radius 1 is 0.867 bits per heavy atom. The summed E-state index contributed by atoms with van der Waals surface area (Å²) in [5.74, 6) is 4.69. The molecule has 2 aliphatic carbocycles. The summed E-state index contributed by atoms with van der Waals surface area (Å²) in [6.07, 6.45) is 20.4. The minimum Gasteiger partial charge on any atom is -0.422 e. The van der Waals surface area contributed by atoms with E-state index in [1.54, 1.807) is 0 Å². The zero-order valence-corrected chi connectivity index (χ0v) is 23.8. The van der Waals surface area contributed by atoms with E-state index in [0.29, 0.717) is 23.2 Å². The average Bonchev–Trinajstić information content (AvgIpc) is 2.71. The lowest BCUT2D eigenvalue weighted by atomic mass is 9.48. The summed E-state index contributed by atoms with van der Waals surface area (Å²) < 4.78 is 6.58. The van der Waals surface area contributed by atoms with E-state index in [0.717, 1.165) is 28.2 Å². The third-order valence-electron chi connectivity index (χ3n) is 9.43. The van der Waals surface area contributed by atoms with Gasteiger partial charge in [-0.2, -0.15) is 0 Å². The number of hydrogen-bond acceptors (Lipinski definition) is 1. The Morgan fingerprint density at radius 2 is 1.50 bits per heavy atom. The monoisotopic (exact) mass is 434 g/mol. The first-order valence-corrected chi connectivity index (χ1v) is 14.3. The van der Waals surface area contributed by atoms with Crippen LogP contribution in [0.4, 0.5) is 0 Å². The van der Waals surface area contributed by atoms with Crippen LogP contribution in [0.15, 0.2) is 12.2 Å². The summed E-state index contributed by atoms with van der Waals surface area (Å²) in [6.45, 7) is 17.0. The molecule has 0 aromatic heterocycles. The molecule has 2 saturated carbocycles. The van der Waals surface area contributed by atoms with E-state index in [4.69, 9.17) is 4.43 Å². The molecule has 176 valence electrons. The van der Waals surface area contributed by atoms with Crippen molar-refractivity contribution >= 4 is 10.5 Å². The molecule has 2 heteroatoms. The van der Waals surface area contributed by atoms with Crippen molar-refractivity contribution in [2.75, 3.05) is 0 Å². The summed E-state index contributed by atoms with van der Waals surface area (Å²) in [4.78, 5) is 0. The lowest BCUT2D eigenvalue weighted by Crippen LogP contribution is -2.62. The van der Waals surface area contributed by atoms with E-state index in [9.17, 15) is 0 Å². The standard InChI is InChI=1S/C28H54OSi/c1-8-11-24-14-16-25(17-15-24)12-9-10-13-26-18-19-28(29-30,23(6)7)27(20-26,21(2)3)22(4)5/h9,12,21-26H,8,10-11,13-20H2,1-7,30H3/b12-9+. The summed E-state index contributed by atoms with van der Waals surface area (Å²) >= 11 is 0. The van der Waals surface area contributed by atoms with Crippen LogP contribution in [0, 0.1) is 40.9 Å². The molecule has 2 unspecified atom stereocenters. The molecular formula is C28H54OSi. The molecule has 1 nitrogen and oxygen atoms in total. The van der Waals surface area contributed by atoms with Crippen molar-refractivity contribution in [3.05, 3.63) is 12.2 Å². The van der Waals surface area contributed by atoms with Gasteiger partial charge in [0.2, 0.25) is 0 Å². The molecule has 0 amide bonds. The van der Waals surface area contributed by atoms with Crippen molar-refractivity contribution in [3.63, 3.8) is 0 Å². The second-order valence-electron chi connectivity index (χ2n) is 11.8. The number of hydrogen-bond donors (Lipinski definition) is 0. The number of rotatable bonds is 10. The van der Waals surface area contributed by atoms with Crippen molar-refractivity contribution in [1.29, 1.82) is 0 Å². The molecule has 0 N–H and O–H groups in total. The van der Waals surface area contributed by atoms with E-state index >= 15 is 0 Å². The van der Waals surface area contributed by atoms with E-state index in [-0.39, 0.29) is 5.60 Å². The number of allylic oxidation sites excluding steroid dienone is 2. The van der Waals surface area contributed by atoms with Crippen molar-refractivity contribution in [3.8, 4) is 0 Å². The fourth-order valence-electron chi connectivity index (χ4n) is 7.82. The maximum Gasteiger partial charge on any atom is 0.146 e. The summed E-state index contributed by atoms with van der Waals surface area (Å²) in [5.41, 5.74) is 0.401. The van der Waals surface area contributed by atoms with Crippen molar-refractivity contribution < 1.29 is 4.43 Å². The lowest BCUT2D eigenvalue weighted by Gasteiger charge is -2.62. The Kier molecular flexibility index (Phi) is 10.2. The van der Waals surface area contributed by atoms with Crippen LogP contribution in [0.25, 0.3) is 0 Å². The van der Waals surface area contributed by atoms with Crippen molar-refractivity contribution in [1.82, 2.24) is 0 Å². The highest BCUT2D eigenvalue weighted by Gasteiger charge is 2.58. The molecule has 0 bridgehead atoms. The van der Waals surface area contributed by atoms with Crippen LogP contribution in [0.3, 0.4) is 0 Å². The molecule has 0 aromatic rings. The fraction of sp³-hybridized carbons (Fsp3) is 0.929. The highest BCUT2D eigenvalue weighted by molar-refractivity contribution is 5.98. The lowest BCUT2D eigenvalue weighted by molar-refractivity contribution is -0.180. The smallest absolute Gasteiger partial charge is 0.146 e. The van der Waals surface area contributed by atoms with Gasteiger partial charge in [0, 0.05) is 5.41 Å². The van der Waals surface area contributed by atoms with Gasteiger partial charge in [0.15, 0.2) is 0 Å². The highest BCUT2D eigenvalue weighted by Crippen LogP contribution is 2.60. The Morgan fingerprint density at radius 3 is 2.00 bits per heavy atom. The maximum absolute atomic E-state index is 6.58. The first kappa shape index (κ1) is 26.2. The minimum absolute atomic E-state index is 0.0883. The first-order valence-electron chi connectivity index (χ1n) is 13.4. The Labute approximate surface area is 192 Å².